The van der Waals surface area contributed by atoms with Crippen molar-refractivity contribution in [3.8, 4) is 0 Å². The van der Waals surface area contributed by atoms with Gasteiger partial charge < -0.3 is 14.5 Å². The maximum atomic E-state index is 12.9. The molecule has 0 radical (unpaired) electrons. The Morgan fingerprint density at radius 3 is 2.63 bits per heavy atom. The first kappa shape index (κ1) is 19.8. The van der Waals surface area contributed by atoms with Gasteiger partial charge in [0.15, 0.2) is 4.67 Å². The molecule has 27 heavy (non-hydrogen) atoms. The summed E-state index contributed by atoms with van der Waals surface area (Å²) in [5.74, 6) is 0.137. The van der Waals surface area contributed by atoms with Crippen molar-refractivity contribution in [3.63, 3.8) is 0 Å². The minimum Gasteiger partial charge on any atom is -0.450 e. The Morgan fingerprint density at radius 1 is 1.22 bits per heavy atom. The minimum atomic E-state index is -3.64. The van der Waals surface area contributed by atoms with Crippen LogP contribution in [0.15, 0.2) is 50.4 Å². The third-order valence-corrected chi connectivity index (χ3v) is 6.50. The highest BCUT2D eigenvalue weighted by molar-refractivity contribution is 9.10. The second kappa shape index (κ2) is 8.39. The molecule has 1 aromatic carbocycles. The van der Waals surface area contributed by atoms with E-state index in [0.29, 0.717) is 48.0 Å². The molecule has 3 rings (SSSR count). The molecule has 144 valence electrons. The lowest BCUT2D eigenvalue weighted by Gasteiger charge is -2.26. The molecule has 0 aliphatic carbocycles. The predicted molar refractivity (Wildman–Crippen MR) is 105 cm³/mol. The number of anilines is 1. The van der Waals surface area contributed by atoms with Crippen LogP contribution in [0.5, 0.6) is 0 Å². The fraction of sp³-hybridized carbons (Fsp3) is 0.278. The van der Waals surface area contributed by atoms with Crippen LogP contribution >= 0.6 is 15.9 Å². The number of morpholine rings is 1. The van der Waals surface area contributed by atoms with Crippen molar-refractivity contribution >= 4 is 43.6 Å². The Kier molecular flexibility index (Phi) is 6.15. The van der Waals surface area contributed by atoms with E-state index < -0.39 is 10.0 Å². The van der Waals surface area contributed by atoms with Gasteiger partial charge in [-0.15, -0.1) is 0 Å². The van der Waals surface area contributed by atoms with Crippen LogP contribution in [0, 0.1) is 6.92 Å². The van der Waals surface area contributed by atoms with Crippen LogP contribution in [0.4, 0.5) is 5.69 Å². The molecule has 1 N–H and O–H groups in total. The SMILES string of the molecule is Cc1ccc(NC(=O)C=Cc2ccc(Br)o2)cc1S(=O)(=O)N1CCOCC1. The smallest absolute Gasteiger partial charge is 0.248 e. The second-order valence-corrected chi connectivity index (χ2v) is 8.65. The molecule has 1 saturated heterocycles. The van der Waals surface area contributed by atoms with Gasteiger partial charge in [0.25, 0.3) is 0 Å². The van der Waals surface area contributed by atoms with Gasteiger partial charge in [-0.25, -0.2) is 8.42 Å². The molecule has 9 heteroatoms. The van der Waals surface area contributed by atoms with E-state index in [2.05, 4.69) is 21.2 Å². The summed E-state index contributed by atoms with van der Waals surface area (Å²) >= 11 is 3.19. The van der Waals surface area contributed by atoms with E-state index in [1.54, 1.807) is 31.2 Å². The number of nitrogens with one attached hydrogen (secondary N) is 1. The number of benzene rings is 1. The maximum Gasteiger partial charge on any atom is 0.248 e. The number of halogens is 1. The van der Waals surface area contributed by atoms with Crippen LogP contribution in [0.2, 0.25) is 0 Å². The monoisotopic (exact) mass is 454 g/mol. The van der Waals surface area contributed by atoms with Gasteiger partial charge in [-0.05, 0) is 58.8 Å². The average Bonchev–Trinajstić information content (AvgIpc) is 3.07. The molecular formula is C18H19BrN2O5S. The zero-order valence-electron chi connectivity index (χ0n) is 14.6. The van der Waals surface area contributed by atoms with Crippen molar-refractivity contribution in [2.45, 2.75) is 11.8 Å². The van der Waals surface area contributed by atoms with Crippen molar-refractivity contribution in [1.82, 2.24) is 4.31 Å². The van der Waals surface area contributed by atoms with Crippen LogP contribution < -0.4 is 5.32 Å². The number of sulfonamides is 1. The topological polar surface area (TPSA) is 88.8 Å². The zero-order valence-corrected chi connectivity index (χ0v) is 17.0. The largest absolute Gasteiger partial charge is 0.450 e. The summed E-state index contributed by atoms with van der Waals surface area (Å²) in [6, 6.07) is 8.27. The highest BCUT2D eigenvalue weighted by Gasteiger charge is 2.28. The van der Waals surface area contributed by atoms with Gasteiger partial charge in [-0.1, -0.05) is 6.07 Å². The lowest BCUT2D eigenvalue weighted by atomic mass is 10.2. The summed E-state index contributed by atoms with van der Waals surface area (Å²) in [6.07, 6.45) is 2.85. The van der Waals surface area contributed by atoms with Gasteiger partial charge in [0.2, 0.25) is 15.9 Å². The Morgan fingerprint density at radius 2 is 1.96 bits per heavy atom. The highest BCUT2D eigenvalue weighted by atomic mass is 79.9. The fourth-order valence-corrected chi connectivity index (χ4v) is 4.62. The summed E-state index contributed by atoms with van der Waals surface area (Å²) in [7, 11) is -3.64. The number of amides is 1. The molecule has 0 atom stereocenters. The molecule has 1 amide bonds. The molecule has 0 unspecified atom stereocenters. The van der Waals surface area contributed by atoms with E-state index in [4.69, 9.17) is 9.15 Å². The lowest BCUT2D eigenvalue weighted by Crippen LogP contribution is -2.40. The average molecular weight is 455 g/mol. The number of aryl methyl sites for hydroxylation is 1. The molecule has 0 bridgehead atoms. The summed E-state index contributed by atoms with van der Waals surface area (Å²) in [5, 5.41) is 2.67. The number of rotatable bonds is 5. The first-order valence-electron chi connectivity index (χ1n) is 8.29. The van der Waals surface area contributed by atoms with Crippen molar-refractivity contribution in [1.29, 1.82) is 0 Å². The molecule has 0 saturated carbocycles. The van der Waals surface area contributed by atoms with Crippen LogP contribution in [0.1, 0.15) is 11.3 Å². The van der Waals surface area contributed by atoms with Gasteiger partial charge >= 0.3 is 0 Å². The number of carbonyl (C=O) groups is 1. The molecular weight excluding hydrogens is 436 g/mol. The molecule has 0 spiro atoms. The van der Waals surface area contributed by atoms with E-state index in [0.717, 1.165) is 0 Å². The lowest BCUT2D eigenvalue weighted by molar-refractivity contribution is -0.111. The summed E-state index contributed by atoms with van der Waals surface area (Å²) in [4.78, 5) is 12.3. The number of nitrogens with zero attached hydrogens (tertiary/aromatic N) is 1. The maximum absolute atomic E-state index is 12.9. The van der Waals surface area contributed by atoms with Crippen molar-refractivity contribution < 1.29 is 22.4 Å². The number of hydrogen-bond acceptors (Lipinski definition) is 5. The van der Waals surface area contributed by atoms with Crippen molar-refractivity contribution in [2.24, 2.45) is 0 Å². The van der Waals surface area contributed by atoms with E-state index in [9.17, 15) is 13.2 Å². The first-order valence-corrected chi connectivity index (χ1v) is 10.5. The Balaban J connectivity index is 1.76. The quantitative estimate of drug-likeness (QED) is 0.701. The van der Waals surface area contributed by atoms with Crippen molar-refractivity contribution in [3.05, 3.63) is 52.4 Å². The van der Waals surface area contributed by atoms with E-state index in [1.807, 2.05) is 0 Å². The molecule has 2 heterocycles. The summed E-state index contributed by atoms with van der Waals surface area (Å²) < 4.78 is 38.2. The Labute approximate surface area is 166 Å². The molecule has 1 aromatic heterocycles. The van der Waals surface area contributed by atoms with E-state index in [-0.39, 0.29) is 10.8 Å². The van der Waals surface area contributed by atoms with Gasteiger partial charge in [-0.3, -0.25) is 4.79 Å². The Hall–Kier alpha value is -1.94. The van der Waals surface area contributed by atoms with Crippen LogP contribution in [-0.2, 0) is 19.6 Å². The third kappa shape index (κ3) is 4.86. The van der Waals surface area contributed by atoms with Gasteiger partial charge in [-0.2, -0.15) is 4.31 Å². The zero-order chi connectivity index (χ0) is 19.4. The molecule has 7 nitrogen and oxygen atoms in total. The number of furan rings is 1. The highest BCUT2D eigenvalue weighted by Crippen LogP contribution is 2.24. The van der Waals surface area contributed by atoms with E-state index >= 15 is 0 Å². The molecule has 1 fully saturated rings. The third-order valence-electron chi connectivity index (χ3n) is 4.04. The van der Waals surface area contributed by atoms with Crippen LogP contribution in [-0.4, -0.2) is 44.9 Å². The molecule has 1 aliphatic heterocycles. The van der Waals surface area contributed by atoms with Gasteiger partial charge in [0, 0.05) is 24.9 Å². The van der Waals surface area contributed by atoms with Crippen LogP contribution in [0.3, 0.4) is 0 Å². The fourth-order valence-electron chi connectivity index (χ4n) is 2.64. The van der Waals surface area contributed by atoms with E-state index in [1.165, 1.54) is 22.5 Å². The first-order chi connectivity index (χ1) is 12.9. The number of hydrogen-bond donors (Lipinski definition) is 1. The molecule has 1 aliphatic rings. The van der Waals surface area contributed by atoms with Gasteiger partial charge in [0.05, 0.1) is 18.1 Å². The standard InChI is InChI=1S/C18H19BrN2O5S/c1-13-2-3-14(20-18(22)7-5-15-4-6-17(19)26-15)12-16(13)27(23,24)21-8-10-25-11-9-21/h2-7,12H,8-11H2,1H3,(H,20,22). The number of ether oxygens (including phenoxy) is 1. The number of carbonyl (C=O) groups excluding carboxylic acids is 1. The van der Waals surface area contributed by atoms with Crippen molar-refractivity contribution in [2.75, 3.05) is 31.6 Å². The van der Waals surface area contributed by atoms with Gasteiger partial charge in [0.1, 0.15) is 5.76 Å². The summed E-state index contributed by atoms with van der Waals surface area (Å²) in [5.41, 5.74) is 1.03. The summed E-state index contributed by atoms with van der Waals surface area (Å²) in [6.45, 7) is 3.12. The second-order valence-electron chi connectivity index (χ2n) is 5.96. The van der Waals surface area contributed by atoms with Crippen LogP contribution in [0.25, 0.3) is 6.08 Å². The minimum absolute atomic E-state index is 0.182. The Bertz CT molecular complexity index is 962. The molecule has 2 aromatic rings. The predicted octanol–water partition coefficient (Wildman–Crippen LogP) is 3.02. The normalized spacial score (nSPS) is 15.9.